The Labute approximate surface area is 131 Å². The summed E-state index contributed by atoms with van der Waals surface area (Å²) in [5.74, 6) is 0.601. The zero-order valence-corrected chi connectivity index (χ0v) is 13.2. The Morgan fingerprint density at radius 1 is 1.52 bits per heavy atom. The summed E-state index contributed by atoms with van der Waals surface area (Å²) < 4.78 is 5.55. The number of hydrogen-bond acceptors (Lipinski definition) is 3. The number of benzene rings is 1. The Hall–Kier alpha value is -1.88. The molecule has 1 aromatic rings. The van der Waals surface area contributed by atoms with Crippen LogP contribution in [0.4, 0.5) is 0 Å². The quantitative estimate of drug-likeness (QED) is 0.562. The van der Waals surface area contributed by atoms with Crippen LogP contribution in [-0.2, 0) is 11.2 Å². The van der Waals surface area contributed by atoms with Gasteiger partial charge in [-0.25, -0.2) is 0 Å². The van der Waals surface area contributed by atoms with Crippen LogP contribution in [-0.4, -0.2) is 35.5 Å². The molecule has 0 fully saturated rings. The monoisotopic (exact) mass is 306 g/mol. The van der Waals surface area contributed by atoms with E-state index in [1.807, 2.05) is 24.3 Å². The number of carbonyl (C=O) groups is 1. The van der Waals surface area contributed by atoms with E-state index in [1.54, 1.807) is 11.0 Å². The largest absolute Gasteiger partial charge is 0.484 e. The third kappa shape index (κ3) is 6.40. The summed E-state index contributed by atoms with van der Waals surface area (Å²) in [7, 11) is 0. The van der Waals surface area contributed by atoms with Gasteiger partial charge in [0.2, 0.25) is 0 Å². The van der Waals surface area contributed by atoms with Crippen molar-refractivity contribution in [1.82, 2.24) is 4.90 Å². The minimum absolute atomic E-state index is 0.00165. The van der Waals surface area contributed by atoms with Crippen LogP contribution >= 0.6 is 12.2 Å². The Morgan fingerprint density at radius 3 is 2.90 bits per heavy atom. The van der Waals surface area contributed by atoms with Crippen LogP contribution in [0.25, 0.3) is 0 Å². The Bertz CT molecular complexity index is 503. The molecule has 0 bridgehead atoms. The lowest BCUT2D eigenvalue weighted by molar-refractivity contribution is -0.132. The Morgan fingerprint density at radius 2 is 2.29 bits per heavy atom. The summed E-state index contributed by atoms with van der Waals surface area (Å²) in [6, 6.07) is 7.74. The van der Waals surface area contributed by atoms with Gasteiger partial charge >= 0.3 is 0 Å². The van der Waals surface area contributed by atoms with Gasteiger partial charge in [-0.05, 0) is 24.1 Å². The zero-order chi connectivity index (χ0) is 15.7. The van der Waals surface area contributed by atoms with Gasteiger partial charge in [-0.2, -0.15) is 0 Å². The van der Waals surface area contributed by atoms with E-state index in [1.165, 1.54) is 5.56 Å². The summed E-state index contributed by atoms with van der Waals surface area (Å²) in [5.41, 5.74) is 6.65. The molecule has 0 spiro atoms. The molecule has 1 aromatic carbocycles. The highest BCUT2D eigenvalue weighted by atomic mass is 32.1. The fourth-order valence-electron chi connectivity index (χ4n) is 1.81. The first-order chi connectivity index (χ1) is 10.1. The van der Waals surface area contributed by atoms with Crippen LogP contribution in [0.2, 0.25) is 0 Å². The maximum atomic E-state index is 12.1. The van der Waals surface area contributed by atoms with Crippen molar-refractivity contribution >= 4 is 23.1 Å². The summed E-state index contributed by atoms with van der Waals surface area (Å²) in [6.45, 7) is 6.67. The van der Waals surface area contributed by atoms with Gasteiger partial charge < -0.3 is 15.4 Å². The van der Waals surface area contributed by atoms with Crippen molar-refractivity contribution in [2.45, 2.75) is 19.8 Å². The van der Waals surface area contributed by atoms with Gasteiger partial charge in [-0.3, -0.25) is 4.79 Å². The Kier molecular flexibility index (Phi) is 7.46. The van der Waals surface area contributed by atoms with Gasteiger partial charge in [0, 0.05) is 19.5 Å². The van der Waals surface area contributed by atoms with Crippen LogP contribution < -0.4 is 10.5 Å². The molecular formula is C16H22N2O2S. The molecule has 1 amide bonds. The van der Waals surface area contributed by atoms with Crippen LogP contribution in [0.15, 0.2) is 36.9 Å². The number of hydrogen-bond donors (Lipinski definition) is 1. The second-order valence-electron chi connectivity index (χ2n) is 4.63. The van der Waals surface area contributed by atoms with Crippen LogP contribution in [0.3, 0.4) is 0 Å². The third-order valence-electron chi connectivity index (χ3n) is 3.00. The number of nitrogens with zero attached hydrogens (tertiary/aromatic N) is 1. The number of aryl methyl sites for hydroxylation is 1. The molecule has 0 saturated heterocycles. The van der Waals surface area contributed by atoms with E-state index in [0.717, 1.165) is 6.42 Å². The number of amides is 1. The first kappa shape index (κ1) is 17.2. The van der Waals surface area contributed by atoms with Gasteiger partial charge in [0.1, 0.15) is 5.75 Å². The van der Waals surface area contributed by atoms with Crippen molar-refractivity contribution in [2.24, 2.45) is 5.73 Å². The van der Waals surface area contributed by atoms with Crippen molar-refractivity contribution in [1.29, 1.82) is 0 Å². The molecule has 0 aliphatic carbocycles. The van der Waals surface area contributed by atoms with Crippen molar-refractivity contribution in [3.63, 3.8) is 0 Å². The van der Waals surface area contributed by atoms with E-state index in [9.17, 15) is 4.79 Å². The molecular weight excluding hydrogens is 284 g/mol. The molecule has 1 rings (SSSR count). The zero-order valence-electron chi connectivity index (χ0n) is 12.4. The molecule has 5 heteroatoms. The van der Waals surface area contributed by atoms with Gasteiger partial charge in [-0.1, -0.05) is 37.4 Å². The second-order valence-corrected chi connectivity index (χ2v) is 5.16. The maximum absolute atomic E-state index is 12.1. The predicted molar refractivity (Wildman–Crippen MR) is 89.5 cm³/mol. The number of nitrogens with two attached hydrogens (primary N) is 1. The summed E-state index contributed by atoms with van der Waals surface area (Å²) >= 11 is 4.84. The summed E-state index contributed by atoms with van der Waals surface area (Å²) in [4.78, 5) is 14.2. The maximum Gasteiger partial charge on any atom is 0.260 e. The molecule has 0 atom stereocenters. The number of rotatable bonds is 9. The molecule has 0 aliphatic rings. The molecule has 0 radical (unpaired) electrons. The van der Waals surface area contributed by atoms with E-state index < -0.39 is 0 Å². The molecule has 0 unspecified atom stereocenters. The number of ether oxygens (including phenoxy) is 1. The molecule has 2 N–H and O–H groups in total. The number of thiocarbonyl (C=S) groups is 1. The number of carbonyl (C=O) groups excluding carboxylic acids is 1. The van der Waals surface area contributed by atoms with Crippen molar-refractivity contribution in [2.75, 3.05) is 19.7 Å². The highest BCUT2D eigenvalue weighted by Gasteiger charge is 2.13. The molecule has 0 saturated carbocycles. The molecule has 0 heterocycles. The van der Waals surface area contributed by atoms with Crippen LogP contribution in [0.1, 0.15) is 18.9 Å². The second kappa shape index (κ2) is 9.13. The summed E-state index contributed by atoms with van der Waals surface area (Å²) in [5, 5.41) is 0. The van der Waals surface area contributed by atoms with Gasteiger partial charge in [0.15, 0.2) is 6.61 Å². The average molecular weight is 306 g/mol. The molecule has 0 aliphatic heterocycles. The lowest BCUT2D eigenvalue weighted by atomic mass is 10.2. The molecule has 0 aromatic heterocycles. The normalized spacial score (nSPS) is 9.95. The lowest BCUT2D eigenvalue weighted by Crippen LogP contribution is -2.37. The van der Waals surface area contributed by atoms with Crippen LogP contribution in [0, 0.1) is 0 Å². The van der Waals surface area contributed by atoms with Crippen LogP contribution in [0.5, 0.6) is 5.75 Å². The van der Waals surface area contributed by atoms with E-state index in [-0.39, 0.29) is 12.5 Å². The Balaban J connectivity index is 2.55. The fraction of sp³-hybridized carbons (Fsp3) is 0.375. The van der Waals surface area contributed by atoms with E-state index in [2.05, 4.69) is 13.5 Å². The van der Waals surface area contributed by atoms with E-state index in [4.69, 9.17) is 22.7 Å². The first-order valence-corrected chi connectivity index (χ1v) is 7.36. The predicted octanol–water partition coefficient (Wildman–Crippen LogP) is 2.32. The smallest absolute Gasteiger partial charge is 0.260 e. The van der Waals surface area contributed by atoms with Gasteiger partial charge in [-0.15, -0.1) is 6.58 Å². The average Bonchev–Trinajstić information content (AvgIpc) is 2.49. The van der Waals surface area contributed by atoms with Crippen molar-refractivity contribution < 1.29 is 9.53 Å². The van der Waals surface area contributed by atoms with Gasteiger partial charge in [0.25, 0.3) is 5.91 Å². The highest BCUT2D eigenvalue weighted by Crippen LogP contribution is 2.13. The molecule has 21 heavy (non-hydrogen) atoms. The topological polar surface area (TPSA) is 55.6 Å². The standard InChI is InChI=1S/C16H22N2O2S/c1-3-9-18(10-8-15(17)21)16(19)12-20-14-7-5-6-13(4-2)11-14/h3,5-7,11H,1,4,8-10,12H2,2H3,(H2,17,21). The minimum Gasteiger partial charge on any atom is -0.484 e. The van der Waals surface area contributed by atoms with E-state index in [0.29, 0.717) is 30.2 Å². The lowest BCUT2D eigenvalue weighted by Gasteiger charge is -2.21. The fourth-order valence-corrected chi connectivity index (χ4v) is 1.90. The van der Waals surface area contributed by atoms with Gasteiger partial charge in [0.05, 0.1) is 4.99 Å². The van der Waals surface area contributed by atoms with Crippen molar-refractivity contribution in [3.05, 3.63) is 42.5 Å². The summed E-state index contributed by atoms with van der Waals surface area (Å²) in [6.07, 6.45) is 3.11. The first-order valence-electron chi connectivity index (χ1n) is 6.95. The third-order valence-corrected chi connectivity index (χ3v) is 3.20. The SMILES string of the molecule is C=CCN(CCC(N)=S)C(=O)COc1cccc(CC)c1. The minimum atomic E-state index is -0.104. The molecule has 4 nitrogen and oxygen atoms in total. The highest BCUT2D eigenvalue weighted by molar-refractivity contribution is 7.80. The van der Waals surface area contributed by atoms with Crippen molar-refractivity contribution in [3.8, 4) is 5.75 Å². The molecule has 114 valence electrons. The van der Waals surface area contributed by atoms with E-state index >= 15 is 0 Å².